The van der Waals surface area contributed by atoms with E-state index in [1.54, 1.807) is 0 Å². The van der Waals surface area contributed by atoms with E-state index in [1.165, 1.54) is 17.6 Å². The van der Waals surface area contributed by atoms with E-state index in [2.05, 4.69) is 46.7 Å². The second kappa shape index (κ2) is 9.63. The third-order valence-electron chi connectivity index (χ3n) is 4.61. The predicted octanol–water partition coefficient (Wildman–Crippen LogP) is 5.54. The summed E-state index contributed by atoms with van der Waals surface area (Å²) in [6.07, 6.45) is 6.81. The van der Waals surface area contributed by atoms with Gasteiger partial charge in [-0.3, -0.25) is 0 Å². The van der Waals surface area contributed by atoms with E-state index in [-0.39, 0.29) is 12.4 Å². The van der Waals surface area contributed by atoms with Crippen LogP contribution in [-0.4, -0.2) is 22.1 Å². The van der Waals surface area contributed by atoms with Crippen LogP contribution in [0.15, 0.2) is 36.4 Å². The lowest BCUT2D eigenvalue weighted by Crippen LogP contribution is -2.32. The maximum absolute atomic E-state index is 6.18. The molecule has 0 saturated heterocycles. The molecule has 2 aromatic rings. The molecule has 0 saturated carbocycles. The maximum atomic E-state index is 6.18. The summed E-state index contributed by atoms with van der Waals surface area (Å²) in [6, 6.07) is 11.2. The van der Waals surface area contributed by atoms with Crippen LogP contribution in [0.4, 0.5) is 0 Å². The number of nitrogens with one attached hydrogen (secondary N) is 1. The highest BCUT2D eigenvalue weighted by atomic mass is 35.5. The SMILES string of the molecule is Cc1nc(Cl)c(Cl)n1CCCCC1CC(c2ccccc2)=CCN1.Cl. The molecule has 0 amide bonds. The summed E-state index contributed by atoms with van der Waals surface area (Å²) in [7, 11) is 0. The van der Waals surface area contributed by atoms with Crippen molar-refractivity contribution in [2.75, 3.05) is 6.54 Å². The van der Waals surface area contributed by atoms with Gasteiger partial charge in [0.1, 0.15) is 11.0 Å². The van der Waals surface area contributed by atoms with Crippen molar-refractivity contribution in [3.63, 3.8) is 0 Å². The Morgan fingerprint density at radius 3 is 2.64 bits per heavy atom. The molecule has 2 heterocycles. The van der Waals surface area contributed by atoms with Crippen molar-refractivity contribution in [3.8, 4) is 0 Å². The number of imidazole rings is 1. The molecule has 1 aromatic heterocycles. The Bertz CT molecular complexity index is 710. The van der Waals surface area contributed by atoms with Gasteiger partial charge >= 0.3 is 0 Å². The zero-order chi connectivity index (χ0) is 16.9. The lowest BCUT2D eigenvalue weighted by molar-refractivity contribution is 0.463. The number of halogens is 3. The smallest absolute Gasteiger partial charge is 0.166 e. The normalized spacial score (nSPS) is 17.1. The monoisotopic (exact) mass is 399 g/mol. The molecule has 0 aliphatic carbocycles. The average molecular weight is 401 g/mol. The fraction of sp³-hybridized carbons (Fsp3) is 0.421. The van der Waals surface area contributed by atoms with Gasteiger partial charge in [-0.05, 0) is 37.3 Å². The van der Waals surface area contributed by atoms with Gasteiger partial charge in [-0.2, -0.15) is 0 Å². The Balaban J connectivity index is 0.00000225. The van der Waals surface area contributed by atoms with Gasteiger partial charge in [-0.15, -0.1) is 12.4 Å². The van der Waals surface area contributed by atoms with E-state index in [9.17, 15) is 0 Å². The first-order valence-corrected chi connectivity index (χ1v) is 9.26. The minimum absolute atomic E-state index is 0. The van der Waals surface area contributed by atoms with E-state index < -0.39 is 0 Å². The zero-order valence-corrected chi connectivity index (χ0v) is 16.7. The molecule has 0 radical (unpaired) electrons. The molecule has 1 aromatic carbocycles. The molecule has 1 atom stereocenters. The molecule has 0 fully saturated rings. The van der Waals surface area contributed by atoms with Crippen molar-refractivity contribution in [1.82, 2.24) is 14.9 Å². The summed E-state index contributed by atoms with van der Waals surface area (Å²) in [5, 5.41) is 4.56. The molecule has 3 rings (SSSR count). The fourth-order valence-electron chi connectivity index (χ4n) is 3.28. The Hall–Kier alpha value is -1.00. The third-order valence-corrected chi connectivity index (χ3v) is 5.35. The van der Waals surface area contributed by atoms with Crippen LogP contribution in [-0.2, 0) is 6.54 Å². The Labute approximate surface area is 165 Å². The van der Waals surface area contributed by atoms with Crippen LogP contribution in [0.1, 0.15) is 37.1 Å². The highest BCUT2D eigenvalue weighted by Crippen LogP contribution is 2.25. The first-order valence-electron chi connectivity index (χ1n) is 8.51. The van der Waals surface area contributed by atoms with Crippen molar-refractivity contribution < 1.29 is 0 Å². The van der Waals surface area contributed by atoms with Gasteiger partial charge in [0.25, 0.3) is 0 Å². The highest BCUT2D eigenvalue weighted by molar-refractivity contribution is 6.40. The summed E-state index contributed by atoms with van der Waals surface area (Å²) < 4.78 is 1.99. The van der Waals surface area contributed by atoms with Gasteiger partial charge < -0.3 is 9.88 Å². The molecule has 0 bridgehead atoms. The molecule has 3 nitrogen and oxygen atoms in total. The topological polar surface area (TPSA) is 29.9 Å². The van der Waals surface area contributed by atoms with Gasteiger partial charge in [0.15, 0.2) is 5.15 Å². The van der Waals surface area contributed by atoms with Gasteiger partial charge in [0, 0.05) is 19.1 Å². The van der Waals surface area contributed by atoms with Crippen molar-refractivity contribution in [3.05, 3.63) is 58.1 Å². The van der Waals surface area contributed by atoms with E-state index in [4.69, 9.17) is 23.2 Å². The minimum Gasteiger partial charge on any atom is -0.318 e. The predicted molar refractivity (Wildman–Crippen MR) is 109 cm³/mol. The van der Waals surface area contributed by atoms with Crippen LogP contribution in [0, 0.1) is 6.92 Å². The van der Waals surface area contributed by atoms with E-state index >= 15 is 0 Å². The van der Waals surface area contributed by atoms with Crippen LogP contribution < -0.4 is 5.32 Å². The Morgan fingerprint density at radius 2 is 1.96 bits per heavy atom. The summed E-state index contributed by atoms with van der Waals surface area (Å²) in [5.74, 6) is 0.884. The third kappa shape index (κ3) is 5.24. The van der Waals surface area contributed by atoms with Gasteiger partial charge in [0.2, 0.25) is 0 Å². The van der Waals surface area contributed by atoms with Crippen LogP contribution in [0.3, 0.4) is 0 Å². The molecule has 6 heteroatoms. The molecular formula is C19H24Cl3N3. The number of rotatable bonds is 6. The van der Waals surface area contributed by atoms with Crippen molar-refractivity contribution in [2.24, 2.45) is 0 Å². The zero-order valence-electron chi connectivity index (χ0n) is 14.3. The molecule has 136 valence electrons. The number of unbranched alkanes of at least 4 members (excludes halogenated alkanes) is 1. The van der Waals surface area contributed by atoms with Crippen LogP contribution in [0.5, 0.6) is 0 Å². The first kappa shape index (κ1) is 20.3. The van der Waals surface area contributed by atoms with E-state index in [0.717, 1.165) is 38.2 Å². The lowest BCUT2D eigenvalue weighted by atomic mass is 9.93. The van der Waals surface area contributed by atoms with Crippen LogP contribution >= 0.6 is 35.6 Å². The number of aromatic nitrogens is 2. The number of hydrogen-bond donors (Lipinski definition) is 1. The second-order valence-electron chi connectivity index (χ2n) is 6.29. The Morgan fingerprint density at radius 1 is 1.20 bits per heavy atom. The van der Waals surface area contributed by atoms with Crippen LogP contribution in [0.25, 0.3) is 5.57 Å². The maximum Gasteiger partial charge on any atom is 0.166 e. The van der Waals surface area contributed by atoms with Crippen molar-refractivity contribution >= 4 is 41.2 Å². The molecular weight excluding hydrogens is 377 g/mol. The number of aryl methyl sites for hydroxylation is 1. The molecule has 1 aliphatic heterocycles. The Kier molecular flexibility index (Phi) is 7.82. The molecule has 1 N–H and O–H groups in total. The van der Waals surface area contributed by atoms with Crippen molar-refractivity contribution in [1.29, 1.82) is 0 Å². The first-order chi connectivity index (χ1) is 11.6. The number of nitrogens with zero attached hydrogens (tertiary/aromatic N) is 2. The summed E-state index contributed by atoms with van der Waals surface area (Å²) >= 11 is 12.1. The van der Waals surface area contributed by atoms with Crippen LogP contribution in [0.2, 0.25) is 10.3 Å². The van der Waals surface area contributed by atoms with E-state index in [0.29, 0.717) is 16.3 Å². The van der Waals surface area contributed by atoms with Gasteiger partial charge in [-0.1, -0.05) is 66.0 Å². The fourth-order valence-corrected chi connectivity index (χ4v) is 3.76. The number of benzene rings is 1. The van der Waals surface area contributed by atoms with Crippen molar-refractivity contribution in [2.45, 2.75) is 45.2 Å². The standard InChI is InChI=1S/C19H23Cl2N3.ClH/c1-14-23-18(20)19(21)24(14)12-6-5-9-17-13-16(10-11-22-17)15-7-3-2-4-8-15;/h2-4,7-8,10,17,22H,5-6,9,11-13H2,1H3;1H. The molecule has 1 aliphatic rings. The summed E-state index contributed by atoms with van der Waals surface area (Å²) in [5.41, 5.74) is 2.80. The molecule has 25 heavy (non-hydrogen) atoms. The lowest BCUT2D eigenvalue weighted by Gasteiger charge is -2.24. The summed E-state index contributed by atoms with van der Waals surface area (Å²) in [4.78, 5) is 4.20. The average Bonchev–Trinajstić information content (AvgIpc) is 2.85. The summed E-state index contributed by atoms with van der Waals surface area (Å²) in [6.45, 7) is 3.77. The minimum atomic E-state index is 0. The molecule has 0 spiro atoms. The second-order valence-corrected chi connectivity index (χ2v) is 7.01. The largest absolute Gasteiger partial charge is 0.318 e. The highest BCUT2D eigenvalue weighted by Gasteiger charge is 2.16. The van der Waals surface area contributed by atoms with E-state index in [1.807, 2.05) is 11.5 Å². The molecule has 1 unspecified atom stereocenters. The number of hydrogen-bond acceptors (Lipinski definition) is 2. The van der Waals surface area contributed by atoms with Gasteiger partial charge in [-0.25, -0.2) is 4.98 Å². The van der Waals surface area contributed by atoms with Gasteiger partial charge in [0.05, 0.1) is 0 Å². The quantitative estimate of drug-likeness (QED) is 0.645.